The molecule has 1 rings (SSSR count). The van der Waals surface area contributed by atoms with E-state index >= 15 is 0 Å². The third-order valence-electron chi connectivity index (χ3n) is 2.75. The summed E-state index contributed by atoms with van der Waals surface area (Å²) in [6.07, 6.45) is 2.86. The fourth-order valence-corrected chi connectivity index (χ4v) is 2.08. The molecule has 0 spiro atoms. The molecule has 0 aliphatic carbocycles. The van der Waals surface area contributed by atoms with E-state index < -0.39 is 12.1 Å². The van der Waals surface area contributed by atoms with Crippen molar-refractivity contribution in [2.75, 3.05) is 14.2 Å². The number of hydrogen-bond acceptors (Lipinski definition) is 4. The largest absolute Gasteiger partial charge is 0.469 e. The van der Waals surface area contributed by atoms with Gasteiger partial charge in [-0.1, -0.05) is 41.4 Å². The Morgan fingerprint density at radius 1 is 1.29 bits per heavy atom. The van der Waals surface area contributed by atoms with Crippen molar-refractivity contribution in [2.24, 2.45) is 0 Å². The summed E-state index contributed by atoms with van der Waals surface area (Å²) in [5.41, 5.74) is 0.767. The Morgan fingerprint density at radius 2 is 2.00 bits per heavy atom. The number of hydrogen-bond donors (Lipinski definition) is 0. The van der Waals surface area contributed by atoms with Crippen LogP contribution in [0.15, 0.2) is 24.3 Å². The molecule has 0 saturated heterocycles. The van der Waals surface area contributed by atoms with Crippen LogP contribution >= 0.6 is 23.2 Å². The normalized spacial score (nSPS) is 12.4. The van der Waals surface area contributed by atoms with E-state index in [0.29, 0.717) is 10.0 Å². The predicted molar refractivity (Wildman–Crippen MR) is 82.6 cm³/mol. The van der Waals surface area contributed by atoms with Crippen molar-refractivity contribution in [1.29, 1.82) is 0 Å². The molecule has 1 aromatic rings. The van der Waals surface area contributed by atoms with E-state index in [4.69, 9.17) is 27.9 Å². The molecule has 1 atom stereocenters. The zero-order chi connectivity index (χ0) is 15.8. The van der Waals surface area contributed by atoms with Crippen molar-refractivity contribution in [3.05, 3.63) is 39.9 Å². The van der Waals surface area contributed by atoms with Gasteiger partial charge in [-0.05, 0) is 17.7 Å². The first kappa shape index (κ1) is 17.7. The lowest BCUT2D eigenvalue weighted by atomic mass is 10.1. The molecular weight excluding hydrogens is 315 g/mol. The van der Waals surface area contributed by atoms with Gasteiger partial charge in [-0.2, -0.15) is 0 Å². The van der Waals surface area contributed by atoms with E-state index in [1.165, 1.54) is 14.2 Å². The van der Waals surface area contributed by atoms with Crippen LogP contribution in [0, 0.1) is 0 Å². The number of benzene rings is 1. The van der Waals surface area contributed by atoms with Crippen LogP contribution < -0.4 is 0 Å². The highest BCUT2D eigenvalue weighted by Crippen LogP contribution is 2.22. The molecular formula is C15H16Cl2O4. The summed E-state index contributed by atoms with van der Waals surface area (Å²) in [4.78, 5) is 22.7. The molecule has 0 fully saturated rings. The van der Waals surface area contributed by atoms with Gasteiger partial charge >= 0.3 is 5.97 Å². The Labute approximate surface area is 133 Å². The molecule has 0 aliphatic heterocycles. The first-order chi connectivity index (χ1) is 9.96. The number of carbonyl (C=O) groups is 2. The Bertz CT molecular complexity index is 540. The monoisotopic (exact) mass is 330 g/mol. The van der Waals surface area contributed by atoms with Crippen molar-refractivity contribution >= 4 is 41.0 Å². The van der Waals surface area contributed by atoms with Crippen LogP contribution in [0.1, 0.15) is 18.4 Å². The van der Waals surface area contributed by atoms with E-state index in [1.54, 1.807) is 30.4 Å². The van der Waals surface area contributed by atoms with Crippen LogP contribution in [-0.4, -0.2) is 32.1 Å². The predicted octanol–water partition coefficient (Wildman–Crippen LogP) is 3.54. The number of carbonyl (C=O) groups excluding carboxylic acids is 2. The van der Waals surface area contributed by atoms with Crippen molar-refractivity contribution in [3.63, 3.8) is 0 Å². The highest BCUT2D eigenvalue weighted by molar-refractivity contribution is 6.35. The topological polar surface area (TPSA) is 52.6 Å². The number of ketones is 1. The van der Waals surface area contributed by atoms with Gasteiger partial charge in [0.1, 0.15) is 12.2 Å². The van der Waals surface area contributed by atoms with Gasteiger partial charge < -0.3 is 9.47 Å². The zero-order valence-corrected chi connectivity index (χ0v) is 13.3. The van der Waals surface area contributed by atoms with Crippen LogP contribution in [0.2, 0.25) is 10.0 Å². The summed E-state index contributed by atoms with van der Waals surface area (Å²) in [5.74, 6) is -0.805. The Balaban J connectivity index is 2.66. The maximum absolute atomic E-state index is 11.6. The van der Waals surface area contributed by atoms with Gasteiger partial charge in [0, 0.05) is 23.6 Å². The maximum atomic E-state index is 11.6. The average Bonchev–Trinajstić information content (AvgIpc) is 2.44. The highest BCUT2D eigenvalue weighted by atomic mass is 35.5. The maximum Gasteiger partial charge on any atom is 0.313 e. The minimum atomic E-state index is -0.556. The summed E-state index contributed by atoms with van der Waals surface area (Å²) in [6.45, 7) is 0. The number of rotatable bonds is 7. The number of Topliss-reactive ketones (excluding diaryl/α,β-unsaturated/α-hetero) is 1. The lowest BCUT2D eigenvalue weighted by molar-refractivity contribution is -0.143. The quantitative estimate of drug-likeness (QED) is 0.566. The van der Waals surface area contributed by atoms with Crippen molar-refractivity contribution in [1.82, 2.24) is 0 Å². The molecule has 0 aliphatic rings. The second-order valence-electron chi connectivity index (χ2n) is 4.29. The van der Waals surface area contributed by atoms with Crippen molar-refractivity contribution in [2.45, 2.75) is 18.9 Å². The molecule has 21 heavy (non-hydrogen) atoms. The smallest absolute Gasteiger partial charge is 0.313 e. The van der Waals surface area contributed by atoms with Gasteiger partial charge in [-0.3, -0.25) is 9.59 Å². The van der Waals surface area contributed by atoms with E-state index in [2.05, 4.69) is 4.74 Å². The summed E-state index contributed by atoms with van der Waals surface area (Å²) in [7, 11) is 2.73. The van der Waals surface area contributed by atoms with Gasteiger partial charge in [0.15, 0.2) is 0 Å². The molecule has 1 aromatic carbocycles. The van der Waals surface area contributed by atoms with Crippen LogP contribution in [0.5, 0.6) is 0 Å². The second-order valence-corrected chi connectivity index (χ2v) is 5.14. The third-order valence-corrected chi connectivity index (χ3v) is 3.32. The minimum Gasteiger partial charge on any atom is -0.469 e. The van der Waals surface area contributed by atoms with Gasteiger partial charge in [-0.15, -0.1) is 0 Å². The van der Waals surface area contributed by atoms with E-state index in [1.807, 2.05) is 0 Å². The van der Waals surface area contributed by atoms with Crippen LogP contribution in [0.25, 0.3) is 6.08 Å². The van der Waals surface area contributed by atoms with Gasteiger partial charge in [0.2, 0.25) is 0 Å². The van der Waals surface area contributed by atoms with Crippen molar-refractivity contribution < 1.29 is 19.1 Å². The van der Waals surface area contributed by atoms with Crippen LogP contribution in [0.4, 0.5) is 0 Å². The van der Waals surface area contributed by atoms with E-state index in [0.717, 1.165) is 5.56 Å². The van der Waals surface area contributed by atoms with Crippen LogP contribution in [0.3, 0.4) is 0 Å². The average molecular weight is 331 g/mol. The Morgan fingerprint density at radius 3 is 2.57 bits per heavy atom. The molecule has 0 unspecified atom stereocenters. The molecule has 0 saturated carbocycles. The SMILES string of the molecule is COC(=O)CC(=O)C[C@H](/C=C/c1ccc(Cl)cc1Cl)OC. The molecule has 0 N–H and O–H groups in total. The molecule has 0 bridgehead atoms. The summed E-state index contributed by atoms with van der Waals surface area (Å²) in [5, 5.41) is 1.06. The van der Waals surface area contributed by atoms with Crippen LogP contribution in [-0.2, 0) is 19.1 Å². The van der Waals surface area contributed by atoms with Gasteiger partial charge in [-0.25, -0.2) is 0 Å². The number of esters is 1. The second kappa shape index (κ2) is 8.82. The number of ether oxygens (including phenoxy) is 2. The first-order valence-electron chi connectivity index (χ1n) is 6.20. The lowest BCUT2D eigenvalue weighted by Gasteiger charge is -2.09. The fraction of sp³-hybridized carbons (Fsp3) is 0.333. The molecule has 6 heteroatoms. The standard InChI is InChI=1S/C15H16Cl2O4/c1-20-13(8-12(18)9-15(19)21-2)6-4-10-3-5-11(16)7-14(10)17/h3-7,13H,8-9H2,1-2H3/b6-4+/t13-/m0/s1. The molecule has 0 aromatic heterocycles. The third kappa shape index (κ3) is 6.29. The first-order valence-corrected chi connectivity index (χ1v) is 6.96. The molecule has 0 heterocycles. The summed E-state index contributed by atoms with van der Waals surface area (Å²) < 4.78 is 9.64. The molecule has 4 nitrogen and oxygen atoms in total. The fourth-order valence-electron chi connectivity index (χ4n) is 1.61. The summed E-state index contributed by atoms with van der Waals surface area (Å²) in [6, 6.07) is 5.12. The minimum absolute atomic E-state index is 0.0906. The highest BCUT2D eigenvalue weighted by Gasteiger charge is 2.14. The number of halogens is 2. The van der Waals surface area contributed by atoms with Crippen molar-refractivity contribution in [3.8, 4) is 0 Å². The zero-order valence-electron chi connectivity index (χ0n) is 11.8. The molecule has 0 amide bonds. The molecule has 0 radical (unpaired) electrons. The lowest BCUT2D eigenvalue weighted by Crippen LogP contribution is -2.17. The Hall–Kier alpha value is -1.36. The van der Waals surface area contributed by atoms with E-state index in [9.17, 15) is 9.59 Å². The van der Waals surface area contributed by atoms with E-state index in [-0.39, 0.29) is 18.6 Å². The van der Waals surface area contributed by atoms with Gasteiger partial charge in [0.25, 0.3) is 0 Å². The number of methoxy groups -OCH3 is 2. The molecule has 114 valence electrons. The van der Waals surface area contributed by atoms with Gasteiger partial charge in [0.05, 0.1) is 13.2 Å². The Kier molecular flexibility index (Phi) is 7.43. The summed E-state index contributed by atoms with van der Waals surface area (Å²) >= 11 is 11.9.